The normalized spacial score (nSPS) is 16.2. The minimum atomic E-state index is -7.15. The van der Waals surface area contributed by atoms with E-state index in [1.165, 1.54) is 0 Å². The molecule has 2 unspecified atom stereocenters. The third kappa shape index (κ3) is 5.04. The lowest BCUT2D eigenvalue weighted by Gasteiger charge is -2.42. The van der Waals surface area contributed by atoms with Crippen LogP contribution in [0.15, 0.2) is 0 Å². The molecule has 0 aliphatic carbocycles. The monoisotopic (exact) mass is 570 g/mol. The maximum Gasteiger partial charge on any atom is 0.542 e. The van der Waals surface area contributed by atoms with Crippen LogP contribution in [0.5, 0.6) is 0 Å². The molecule has 2 atom stereocenters. The highest BCUT2D eigenvalue weighted by Crippen LogP contribution is 2.47. The van der Waals surface area contributed by atoms with Gasteiger partial charge < -0.3 is 4.74 Å². The van der Waals surface area contributed by atoms with Gasteiger partial charge in [-0.05, 0) is 0 Å². The van der Waals surface area contributed by atoms with Crippen LogP contribution in [0.2, 0.25) is 0 Å². The van der Waals surface area contributed by atoms with Crippen LogP contribution in [-0.4, -0.2) is 77.8 Å². The molecule has 0 heterocycles. The summed E-state index contributed by atoms with van der Waals surface area (Å²) in [5, 5.41) is -2.87. The number of rotatable bonds is 14. The van der Waals surface area contributed by atoms with Gasteiger partial charge in [-0.1, -0.05) is 53.8 Å². The number of nitro groups is 2. The Morgan fingerprint density at radius 2 is 0.686 bits per heavy atom. The average molecular weight is 570 g/mol. The van der Waals surface area contributed by atoms with Crippen molar-refractivity contribution >= 4 is 0 Å². The zero-order valence-corrected chi connectivity index (χ0v) is 14.8. The number of halogens is 16. The van der Waals surface area contributed by atoms with Crippen LogP contribution in [0.4, 0.5) is 71.3 Å². The lowest BCUT2D eigenvalue weighted by Crippen LogP contribution is -2.76. The van der Waals surface area contributed by atoms with Gasteiger partial charge in [-0.15, -0.1) is 17.6 Å². The molecule has 0 radical (unpaired) electrons. The van der Waals surface area contributed by atoms with Crippen molar-refractivity contribution in [1.82, 2.24) is 32.1 Å². The molecule has 35 heavy (non-hydrogen) atoms. The molecule has 0 rings (SSSR count). The van der Waals surface area contributed by atoms with E-state index in [0.29, 0.717) is 0 Å². The molecule has 0 aliphatic rings. The van der Waals surface area contributed by atoms with Crippen LogP contribution < -0.4 is 0 Å². The first-order valence-corrected chi connectivity index (χ1v) is 6.93. The van der Waals surface area contributed by atoms with Gasteiger partial charge in [-0.25, -0.2) is 0 Å². The molecule has 0 saturated carbocycles. The average Bonchev–Trinajstić information content (AvgIpc) is 2.64. The molecule has 208 valence electrons. The van der Waals surface area contributed by atoms with E-state index in [4.69, 9.17) is 0 Å². The summed E-state index contributed by atoms with van der Waals surface area (Å²) in [5.74, 6) is -13.9. The Kier molecular flexibility index (Phi) is 9.78. The summed E-state index contributed by atoms with van der Waals surface area (Å²) in [6, 6.07) is -14.3. The molecular formula is C6H2F16N8O5. The molecule has 0 bridgehead atoms. The van der Waals surface area contributed by atoms with E-state index >= 15 is 0 Å². The predicted octanol–water partition coefficient (Wildman–Crippen LogP) is 3.21. The van der Waals surface area contributed by atoms with Crippen molar-refractivity contribution in [3.8, 4) is 0 Å². The fourth-order valence-corrected chi connectivity index (χ4v) is 2.01. The van der Waals surface area contributed by atoms with Crippen LogP contribution in [0, 0.1) is 20.2 Å². The van der Waals surface area contributed by atoms with Gasteiger partial charge in [-0.2, -0.15) is 0 Å². The van der Waals surface area contributed by atoms with Crippen molar-refractivity contribution in [2.24, 2.45) is 0 Å². The van der Waals surface area contributed by atoms with Gasteiger partial charge in [0.2, 0.25) is 0 Å². The number of hydrogen-bond donors (Lipinski definition) is 0. The lowest BCUT2D eigenvalue weighted by molar-refractivity contribution is -0.700. The molecule has 29 heteroatoms. The second-order valence-corrected chi connectivity index (χ2v) is 5.36. The number of alkyl halides is 4. The van der Waals surface area contributed by atoms with Crippen molar-refractivity contribution in [1.29, 1.82) is 0 Å². The van der Waals surface area contributed by atoms with Gasteiger partial charge in [0.1, 0.15) is 0 Å². The van der Waals surface area contributed by atoms with E-state index in [-0.39, 0.29) is 0 Å². The van der Waals surface area contributed by atoms with E-state index in [1.807, 2.05) is 0 Å². The molecular weight excluding hydrogens is 568 g/mol. The van der Waals surface area contributed by atoms with Crippen LogP contribution in [0.3, 0.4) is 0 Å². The number of hydrogen-bond acceptors (Lipinski definition) is 11. The van der Waals surface area contributed by atoms with E-state index in [9.17, 15) is 91.6 Å². The van der Waals surface area contributed by atoms with Gasteiger partial charge >= 0.3 is 23.7 Å². The summed E-state index contributed by atoms with van der Waals surface area (Å²) in [7, 11) is 0. The Morgan fingerprint density at radius 1 is 0.514 bits per heavy atom. The smallest absolute Gasteiger partial charge is 0.338 e. The highest BCUT2D eigenvalue weighted by Gasteiger charge is 2.82. The summed E-state index contributed by atoms with van der Waals surface area (Å²) >= 11 is 0. The summed E-state index contributed by atoms with van der Waals surface area (Å²) < 4.78 is 213. The molecule has 0 aromatic heterocycles. The molecule has 0 aromatic carbocycles. The molecule has 0 aromatic rings. The van der Waals surface area contributed by atoms with Crippen molar-refractivity contribution in [3.63, 3.8) is 0 Å². The highest BCUT2D eigenvalue weighted by atomic mass is 19.4. The van der Waals surface area contributed by atoms with Crippen molar-refractivity contribution in [2.75, 3.05) is 0 Å². The van der Waals surface area contributed by atoms with Gasteiger partial charge in [0.25, 0.3) is 12.2 Å². The maximum atomic E-state index is 13.8. The van der Waals surface area contributed by atoms with E-state index in [0.717, 1.165) is 0 Å². The van der Waals surface area contributed by atoms with Crippen LogP contribution >= 0.6 is 0 Å². The van der Waals surface area contributed by atoms with Gasteiger partial charge in [0.05, 0.1) is 41.9 Å². The molecule has 0 fully saturated rings. The zero-order chi connectivity index (χ0) is 28.5. The molecule has 0 spiro atoms. The lowest BCUT2D eigenvalue weighted by atomic mass is 10.1. The predicted molar refractivity (Wildman–Crippen MR) is 62.3 cm³/mol. The Morgan fingerprint density at radius 3 is 0.800 bits per heavy atom. The molecule has 0 amide bonds. The Balaban J connectivity index is 7.80. The summed E-state index contributed by atoms with van der Waals surface area (Å²) in [6.45, 7) is 0. The Hall–Kier alpha value is -2.60. The van der Waals surface area contributed by atoms with Crippen molar-refractivity contribution in [2.45, 2.75) is 35.9 Å². The van der Waals surface area contributed by atoms with Crippen molar-refractivity contribution < 1.29 is 85.9 Å². The van der Waals surface area contributed by atoms with E-state index in [2.05, 4.69) is 4.74 Å². The Bertz CT molecular complexity index is 652. The quantitative estimate of drug-likeness (QED) is 0.0766. The van der Waals surface area contributed by atoms with Crippen LogP contribution in [0.1, 0.15) is 0 Å². The standard InChI is InChI=1S/C6H2F16N8O5/c7-3(8,29(31)32)1(5(23(11)12,24(13)14)25(15)16)35-2(4(9,10)30(33)34)6(26(17)18,27(19)20)28(21)22/h1-2H. The first-order valence-electron chi connectivity index (χ1n) is 6.93. The summed E-state index contributed by atoms with van der Waals surface area (Å²) in [4.78, 5) is 13.7. The van der Waals surface area contributed by atoms with Crippen LogP contribution in [-0.2, 0) is 4.74 Å². The highest BCUT2D eigenvalue weighted by molar-refractivity contribution is 4.95. The van der Waals surface area contributed by atoms with E-state index < -0.39 is 77.8 Å². The van der Waals surface area contributed by atoms with Gasteiger partial charge in [-0.3, -0.25) is 20.2 Å². The second-order valence-electron chi connectivity index (χ2n) is 5.36. The fraction of sp³-hybridized carbons (Fsp3) is 1.00. The first kappa shape index (κ1) is 32.4. The van der Waals surface area contributed by atoms with Gasteiger partial charge in [0.15, 0.2) is 0 Å². The third-order valence-electron chi connectivity index (χ3n) is 3.59. The van der Waals surface area contributed by atoms with Gasteiger partial charge in [0, 0.05) is 0 Å². The molecule has 0 N–H and O–H groups in total. The molecule has 0 aliphatic heterocycles. The zero-order valence-electron chi connectivity index (χ0n) is 14.8. The minimum Gasteiger partial charge on any atom is -0.338 e. The number of ether oxygens (including phenoxy) is 1. The first-order chi connectivity index (χ1) is 15.5. The largest absolute Gasteiger partial charge is 0.542 e. The SMILES string of the molecule is O=[N+]([O-])C(F)(F)C(OC(C(N(F)F)(N(F)F)N(F)F)C(F)(F)[N+](=O)[O-])C(N(F)F)(N(F)F)N(F)F. The minimum absolute atomic E-state index is 2.49. The Labute approximate surface area is 175 Å². The third-order valence-corrected chi connectivity index (χ3v) is 3.59. The van der Waals surface area contributed by atoms with Crippen molar-refractivity contribution in [3.05, 3.63) is 20.2 Å². The summed E-state index contributed by atoms with van der Waals surface area (Å²) in [5.41, 5.74) is 0. The maximum absolute atomic E-state index is 13.8. The van der Waals surface area contributed by atoms with E-state index in [1.54, 1.807) is 0 Å². The second kappa shape index (κ2) is 10.6. The van der Waals surface area contributed by atoms with Crippen LogP contribution in [0.25, 0.3) is 0 Å². The molecule has 13 nitrogen and oxygen atoms in total. The summed E-state index contributed by atoms with van der Waals surface area (Å²) in [6.07, 6.45) is -12.4. The topological polar surface area (TPSA) is 115 Å². The number of nitrogens with zero attached hydrogens (tertiary/aromatic N) is 8. The fourth-order valence-electron chi connectivity index (χ4n) is 2.01. The molecule has 0 saturated heterocycles.